The minimum atomic E-state index is 0.350. The zero-order valence-corrected chi connectivity index (χ0v) is 6.52. The number of rotatable bonds is 1. The molecule has 0 saturated carbocycles. The first-order valence-electron chi connectivity index (χ1n) is 3.51. The van der Waals surface area contributed by atoms with E-state index in [9.17, 15) is 0 Å². The first-order valence-corrected chi connectivity index (χ1v) is 3.51. The van der Waals surface area contributed by atoms with Gasteiger partial charge in [-0.05, 0) is 11.6 Å². The maximum Gasteiger partial charge on any atom is 0.0349 e. The van der Waals surface area contributed by atoms with Crippen molar-refractivity contribution in [1.82, 2.24) is 4.90 Å². The molecule has 0 atom stereocenters. The largest absolute Gasteiger partial charge is 0.374 e. The number of hydrogen-bond acceptors (Lipinski definition) is 1. The molecule has 0 aromatic rings. The van der Waals surface area contributed by atoms with E-state index in [0.29, 0.717) is 5.41 Å². The van der Waals surface area contributed by atoms with Crippen molar-refractivity contribution in [3.8, 4) is 0 Å². The summed E-state index contributed by atoms with van der Waals surface area (Å²) in [5.41, 5.74) is 0.350. The van der Waals surface area contributed by atoms with Crippen LogP contribution in [0, 0.1) is 5.41 Å². The van der Waals surface area contributed by atoms with Gasteiger partial charge in [-0.1, -0.05) is 26.8 Å². The van der Waals surface area contributed by atoms with Crippen molar-refractivity contribution in [2.45, 2.75) is 20.8 Å². The van der Waals surface area contributed by atoms with Gasteiger partial charge in [0.2, 0.25) is 0 Å². The van der Waals surface area contributed by atoms with Gasteiger partial charge >= 0.3 is 0 Å². The topological polar surface area (TPSA) is 3.01 Å². The van der Waals surface area contributed by atoms with E-state index >= 15 is 0 Å². The first kappa shape index (κ1) is 6.66. The second-order valence-corrected chi connectivity index (χ2v) is 3.72. The summed E-state index contributed by atoms with van der Waals surface area (Å²) in [5.74, 6) is 0. The molecule has 0 aliphatic carbocycles. The predicted molar refractivity (Wildman–Crippen MR) is 40.2 cm³/mol. The molecule has 0 unspecified atom stereocenters. The Hall–Kier alpha value is -0.460. The average Bonchev–Trinajstić information content (AvgIpc) is 2.38. The summed E-state index contributed by atoms with van der Waals surface area (Å²) in [5, 5.41) is 0. The van der Waals surface area contributed by atoms with Crippen LogP contribution in [0.3, 0.4) is 0 Å². The molecule has 1 heterocycles. The molecule has 0 bridgehead atoms. The van der Waals surface area contributed by atoms with E-state index in [1.807, 2.05) is 0 Å². The molecule has 0 aromatic heterocycles. The SMILES string of the molecule is CC(C)(C)/C=C/N1CC1. The summed E-state index contributed by atoms with van der Waals surface area (Å²) in [6.45, 7) is 9.16. The Labute approximate surface area is 57.4 Å². The first-order chi connectivity index (χ1) is 4.08. The van der Waals surface area contributed by atoms with Crippen LogP contribution in [0.1, 0.15) is 20.8 Å². The van der Waals surface area contributed by atoms with Gasteiger partial charge in [-0.15, -0.1) is 0 Å². The lowest BCUT2D eigenvalue weighted by Gasteiger charge is -2.10. The van der Waals surface area contributed by atoms with Gasteiger partial charge in [0.05, 0.1) is 0 Å². The average molecular weight is 125 g/mol. The van der Waals surface area contributed by atoms with E-state index in [2.05, 4.69) is 37.9 Å². The lowest BCUT2D eigenvalue weighted by molar-refractivity contribution is 0.534. The molecule has 1 aliphatic rings. The standard InChI is InChI=1S/C8H15N/c1-8(2,3)4-5-9-6-7-9/h4-5H,6-7H2,1-3H3/b5-4+. The zero-order valence-electron chi connectivity index (χ0n) is 6.52. The summed E-state index contributed by atoms with van der Waals surface area (Å²) < 4.78 is 0. The van der Waals surface area contributed by atoms with Crippen LogP contribution in [0.15, 0.2) is 12.3 Å². The Kier molecular flexibility index (Phi) is 1.52. The van der Waals surface area contributed by atoms with Gasteiger partial charge in [0.15, 0.2) is 0 Å². The van der Waals surface area contributed by atoms with Crippen molar-refractivity contribution in [1.29, 1.82) is 0 Å². The van der Waals surface area contributed by atoms with Crippen molar-refractivity contribution in [3.63, 3.8) is 0 Å². The zero-order chi connectivity index (χ0) is 6.91. The normalized spacial score (nSPS) is 19.2. The molecule has 52 valence electrons. The highest BCUT2D eigenvalue weighted by molar-refractivity contribution is 4.96. The number of allylic oxidation sites excluding steroid dienone is 1. The van der Waals surface area contributed by atoms with E-state index in [1.54, 1.807) is 0 Å². The second kappa shape index (κ2) is 2.05. The molecule has 1 heteroatoms. The highest BCUT2D eigenvalue weighted by Crippen LogP contribution is 2.16. The predicted octanol–water partition coefficient (Wildman–Crippen LogP) is 1.86. The van der Waals surface area contributed by atoms with Gasteiger partial charge < -0.3 is 4.90 Å². The van der Waals surface area contributed by atoms with Crippen molar-refractivity contribution in [2.75, 3.05) is 13.1 Å². The third-order valence-corrected chi connectivity index (χ3v) is 1.27. The van der Waals surface area contributed by atoms with E-state index in [4.69, 9.17) is 0 Å². The van der Waals surface area contributed by atoms with Crippen LogP contribution in [0.2, 0.25) is 0 Å². The van der Waals surface area contributed by atoms with Crippen molar-refractivity contribution < 1.29 is 0 Å². The van der Waals surface area contributed by atoms with Gasteiger partial charge in [0, 0.05) is 13.1 Å². The van der Waals surface area contributed by atoms with Crippen LogP contribution < -0.4 is 0 Å². The summed E-state index contributed by atoms with van der Waals surface area (Å²) in [6.07, 6.45) is 4.44. The minimum absolute atomic E-state index is 0.350. The Morgan fingerprint density at radius 1 is 1.22 bits per heavy atom. The molecule has 1 rings (SSSR count). The second-order valence-electron chi connectivity index (χ2n) is 3.72. The fraction of sp³-hybridized carbons (Fsp3) is 0.750. The molecule has 0 aromatic carbocycles. The van der Waals surface area contributed by atoms with E-state index < -0.39 is 0 Å². The summed E-state index contributed by atoms with van der Waals surface area (Å²) in [4.78, 5) is 2.30. The van der Waals surface area contributed by atoms with Gasteiger partial charge in [0.25, 0.3) is 0 Å². The molecule has 1 fully saturated rings. The molecule has 0 amide bonds. The van der Waals surface area contributed by atoms with E-state index in [1.165, 1.54) is 13.1 Å². The fourth-order valence-corrected chi connectivity index (χ4v) is 0.536. The third kappa shape index (κ3) is 3.17. The summed E-state index contributed by atoms with van der Waals surface area (Å²) in [7, 11) is 0. The van der Waals surface area contributed by atoms with Crippen molar-refractivity contribution in [3.05, 3.63) is 12.3 Å². The quantitative estimate of drug-likeness (QED) is 0.483. The van der Waals surface area contributed by atoms with E-state index in [-0.39, 0.29) is 0 Å². The molecule has 1 nitrogen and oxygen atoms in total. The lowest BCUT2D eigenvalue weighted by atomic mass is 9.97. The Morgan fingerprint density at radius 2 is 1.78 bits per heavy atom. The Balaban J connectivity index is 2.29. The fourth-order valence-electron chi connectivity index (χ4n) is 0.536. The molecule has 0 radical (unpaired) electrons. The highest BCUT2D eigenvalue weighted by Gasteiger charge is 2.12. The monoisotopic (exact) mass is 125 g/mol. The summed E-state index contributed by atoms with van der Waals surface area (Å²) in [6, 6.07) is 0. The smallest absolute Gasteiger partial charge is 0.0349 e. The van der Waals surface area contributed by atoms with Gasteiger partial charge in [0.1, 0.15) is 0 Å². The van der Waals surface area contributed by atoms with Crippen LogP contribution in [0.5, 0.6) is 0 Å². The van der Waals surface area contributed by atoms with Crippen LogP contribution in [0.4, 0.5) is 0 Å². The molecular formula is C8H15N. The third-order valence-electron chi connectivity index (χ3n) is 1.27. The Morgan fingerprint density at radius 3 is 2.11 bits per heavy atom. The molecule has 0 N–H and O–H groups in total. The van der Waals surface area contributed by atoms with Crippen LogP contribution in [0.25, 0.3) is 0 Å². The van der Waals surface area contributed by atoms with Crippen molar-refractivity contribution >= 4 is 0 Å². The number of nitrogens with zero attached hydrogens (tertiary/aromatic N) is 1. The maximum atomic E-state index is 2.30. The number of hydrogen-bond donors (Lipinski definition) is 0. The summed E-state index contributed by atoms with van der Waals surface area (Å²) >= 11 is 0. The Bertz CT molecular complexity index is 115. The van der Waals surface area contributed by atoms with Gasteiger partial charge in [-0.25, -0.2) is 0 Å². The van der Waals surface area contributed by atoms with E-state index in [0.717, 1.165) is 0 Å². The molecule has 9 heavy (non-hydrogen) atoms. The van der Waals surface area contributed by atoms with Gasteiger partial charge in [-0.3, -0.25) is 0 Å². The van der Waals surface area contributed by atoms with Crippen LogP contribution in [-0.2, 0) is 0 Å². The molecule has 1 aliphatic heterocycles. The molecule has 0 spiro atoms. The van der Waals surface area contributed by atoms with Crippen LogP contribution in [-0.4, -0.2) is 18.0 Å². The van der Waals surface area contributed by atoms with Gasteiger partial charge in [-0.2, -0.15) is 0 Å². The minimum Gasteiger partial charge on any atom is -0.374 e. The van der Waals surface area contributed by atoms with Crippen LogP contribution >= 0.6 is 0 Å². The lowest BCUT2D eigenvalue weighted by Crippen LogP contribution is -1.99. The molecular weight excluding hydrogens is 110 g/mol. The highest BCUT2D eigenvalue weighted by atomic mass is 15.2. The molecule has 1 saturated heterocycles. The van der Waals surface area contributed by atoms with Crippen molar-refractivity contribution in [2.24, 2.45) is 5.41 Å². The maximum absolute atomic E-state index is 2.30.